The molecule has 1 aliphatic heterocycles. The smallest absolute Gasteiger partial charge is 0.323 e. The summed E-state index contributed by atoms with van der Waals surface area (Å²) < 4.78 is 10.5. The number of amides is 2. The zero-order chi connectivity index (χ0) is 19.2. The van der Waals surface area contributed by atoms with Crippen molar-refractivity contribution in [1.29, 1.82) is 0 Å². The number of benzene rings is 1. The molecule has 0 bridgehead atoms. The number of para-hydroxylation sites is 1. The van der Waals surface area contributed by atoms with Gasteiger partial charge in [0, 0.05) is 26.2 Å². The summed E-state index contributed by atoms with van der Waals surface area (Å²) in [6, 6.07) is 4.84. The Kier molecular flexibility index (Phi) is 5.92. The van der Waals surface area contributed by atoms with Crippen LogP contribution in [-0.2, 0) is 0 Å². The molecule has 0 saturated carbocycles. The molecule has 3 rings (SSSR count). The number of likely N-dealkylation sites (N-methyl/N-ethyl adjacent to an activating group) is 1. The number of methoxy groups -OCH3 is 2. The van der Waals surface area contributed by atoms with Gasteiger partial charge in [0.1, 0.15) is 0 Å². The van der Waals surface area contributed by atoms with Gasteiger partial charge in [-0.2, -0.15) is 0 Å². The average molecular weight is 372 g/mol. The topological polar surface area (TPSA) is 91.8 Å². The second-order valence-electron chi connectivity index (χ2n) is 6.18. The van der Waals surface area contributed by atoms with Crippen molar-refractivity contribution >= 4 is 23.4 Å². The van der Waals surface area contributed by atoms with Crippen molar-refractivity contribution in [3.63, 3.8) is 0 Å². The van der Waals surface area contributed by atoms with Crippen LogP contribution in [0.15, 0.2) is 30.6 Å². The van der Waals surface area contributed by atoms with E-state index in [1.807, 2.05) is 0 Å². The molecule has 1 fully saturated rings. The Labute approximate surface area is 158 Å². The van der Waals surface area contributed by atoms with E-state index in [0.717, 1.165) is 26.2 Å². The van der Waals surface area contributed by atoms with Crippen LogP contribution in [0.4, 0.5) is 22.1 Å². The Bertz CT molecular complexity index is 775. The van der Waals surface area contributed by atoms with Gasteiger partial charge >= 0.3 is 6.03 Å². The number of carbonyl (C=O) groups excluding carboxylic acids is 1. The second kappa shape index (κ2) is 8.54. The maximum absolute atomic E-state index is 12.3. The van der Waals surface area contributed by atoms with Crippen LogP contribution in [0.3, 0.4) is 0 Å². The molecule has 2 aromatic rings. The molecule has 27 heavy (non-hydrogen) atoms. The number of piperazine rings is 1. The standard InChI is InChI=1S/C18H24N6O3/c1-23-7-9-24(10-8-23)17-19-11-13(12-20-17)21-18(25)22-14-5-4-6-15(26-2)16(14)27-3/h4-6,11-12H,7-10H2,1-3H3,(H2,21,22,25). The van der Waals surface area contributed by atoms with Crippen LogP contribution in [0.1, 0.15) is 0 Å². The first-order valence-electron chi connectivity index (χ1n) is 8.65. The van der Waals surface area contributed by atoms with Gasteiger partial charge in [-0.05, 0) is 19.2 Å². The molecule has 0 spiro atoms. The fraction of sp³-hybridized carbons (Fsp3) is 0.389. The number of hydrogen-bond acceptors (Lipinski definition) is 7. The fourth-order valence-electron chi connectivity index (χ4n) is 2.83. The van der Waals surface area contributed by atoms with Gasteiger partial charge in [0.05, 0.1) is 38.0 Å². The largest absolute Gasteiger partial charge is 0.493 e. The molecule has 2 heterocycles. The lowest BCUT2D eigenvalue weighted by atomic mass is 10.2. The number of urea groups is 1. The van der Waals surface area contributed by atoms with Crippen molar-refractivity contribution in [2.45, 2.75) is 0 Å². The van der Waals surface area contributed by atoms with Crippen LogP contribution >= 0.6 is 0 Å². The van der Waals surface area contributed by atoms with Crippen LogP contribution in [0.2, 0.25) is 0 Å². The molecule has 1 aliphatic rings. The van der Waals surface area contributed by atoms with E-state index < -0.39 is 6.03 Å². The van der Waals surface area contributed by atoms with E-state index in [-0.39, 0.29) is 0 Å². The minimum Gasteiger partial charge on any atom is -0.493 e. The number of hydrogen-bond donors (Lipinski definition) is 2. The summed E-state index contributed by atoms with van der Waals surface area (Å²) in [4.78, 5) is 25.4. The zero-order valence-corrected chi connectivity index (χ0v) is 15.7. The Morgan fingerprint density at radius 2 is 1.74 bits per heavy atom. The zero-order valence-electron chi connectivity index (χ0n) is 15.7. The van der Waals surface area contributed by atoms with Crippen LogP contribution < -0.4 is 25.0 Å². The van der Waals surface area contributed by atoms with E-state index in [1.165, 1.54) is 7.11 Å². The Morgan fingerprint density at radius 1 is 1.04 bits per heavy atom. The first kappa shape index (κ1) is 18.7. The molecule has 2 N–H and O–H groups in total. The average Bonchev–Trinajstić information content (AvgIpc) is 2.69. The van der Waals surface area contributed by atoms with Crippen LogP contribution in [-0.4, -0.2) is 68.3 Å². The molecule has 144 valence electrons. The summed E-state index contributed by atoms with van der Waals surface area (Å²) in [6.07, 6.45) is 3.20. The summed E-state index contributed by atoms with van der Waals surface area (Å²) in [5.41, 5.74) is 1.01. The number of nitrogens with one attached hydrogen (secondary N) is 2. The molecule has 1 aromatic heterocycles. The van der Waals surface area contributed by atoms with E-state index >= 15 is 0 Å². The number of nitrogens with zero attached hydrogens (tertiary/aromatic N) is 4. The number of anilines is 3. The molecule has 0 radical (unpaired) electrons. The van der Waals surface area contributed by atoms with Gasteiger partial charge in [-0.1, -0.05) is 6.07 Å². The minimum absolute atomic E-state index is 0.419. The second-order valence-corrected chi connectivity index (χ2v) is 6.18. The quantitative estimate of drug-likeness (QED) is 0.828. The summed E-state index contributed by atoms with van der Waals surface area (Å²) >= 11 is 0. The van der Waals surface area contributed by atoms with Gasteiger partial charge in [-0.3, -0.25) is 0 Å². The first-order chi connectivity index (χ1) is 13.1. The minimum atomic E-state index is -0.419. The maximum atomic E-state index is 12.3. The summed E-state index contributed by atoms with van der Waals surface area (Å²) in [5.74, 6) is 1.66. The molecular weight excluding hydrogens is 348 g/mol. The molecule has 0 unspecified atom stereocenters. The van der Waals surface area contributed by atoms with Gasteiger partial charge in [0.25, 0.3) is 0 Å². The van der Waals surface area contributed by atoms with E-state index in [0.29, 0.717) is 28.8 Å². The molecule has 0 atom stereocenters. The lowest BCUT2D eigenvalue weighted by Gasteiger charge is -2.32. The maximum Gasteiger partial charge on any atom is 0.323 e. The van der Waals surface area contributed by atoms with Gasteiger partial charge in [-0.15, -0.1) is 0 Å². The third-order valence-corrected chi connectivity index (χ3v) is 4.33. The van der Waals surface area contributed by atoms with Gasteiger partial charge in [0.2, 0.25) is 5.95 Å². The molecule has 9 nitrogen and oxygen atoms in total. The predicted molar refractivity (Wildman–Crippen MR) is 104 cm³/mol. The van der Waals surface area contributed by atoms with Crippen molar-refractivity contribution in [1.82, 2.24) is 14.9 Å². The number of carbonyl (C=O) groups is 1. The fourth-order valence-corrected chi connectivity index (χ4v) is 2.83. The Hall–Kier alpha value is -3.07. The Balaban J connectivity index is 1.61. The molecular formula is C18H24N6O3. The van der Waals surface area contributed by atoms with E-state index in [9.17, 15) is 4.79 Å². The van der Waals surface area contributed by atoms with Gasteiger partial charge < -0.3 is 29.9 Å². The number of ether oxygens (including phenoxy) is 2. The van der Waals surface area contributed by atoms with Crippen molar-refractivity contribution in [3.8, 4) is 11.5 Å². The monoisotopic (exact) mass is 372 g/mol. The predicted octanol–water partition coefficient (Wildman–Crippen LogP) is 1.89. The van der Waals surface area contributed by atoms with Crippen molar-refractivity contribution in [3.05, 3.63) is 30.6 Å². The van der Waals surface area contributed by atoms with E-state index in [1.54, 1.807) is 37.7 Å². The third kappa shape index (κ3) is 4.56. The lowest BCUT2D eigenvalue weighted by molar-refractivity contribution is 0.262. The SMILES string of the molecule is COc1cccc(NC(=O)Nc2cnc(N3CCN(C)CC3)nc2)c1OC. The van der Waals surface area contributed by atoms with Crippen molar-refractivity contribution in [2.75, 3.05) is 63.0 Å². The highest BCUT2D eigenvalue weighted by Gasteiger charge is 2.17. The molecule has 0 aliphatic carbocycles. The summed E-state index contributed by atoms with van der Waals surface area (Å²) in [6.45, 7) is 3.74. The first-order valence-corrected chi connectivity index (χ1v) is 8.65. The number of rotatable bonds is 5. The number of aromatic nitrogens is 2. The lowest BCUT2D eigenvalue weighted by Crippen LogP contribution is -2.45. The van der Waals surface area contributed by atoms with E-state index in [4.69, 9.17) is 9.47 Å². The normalized spacial score (nSPS) is 14.6. The summed E-state index contributed by atoms with van der Waals surface area (Å²) in [5, 5.41) is 5.46. The van der Waals surface area contributed by atoms with E-state index in [2.05, 4.69) is 37.4 Å². The van der Waals surface area contributed by atoms with Crippen LogP contribution in [0.5, 0.6) is 11.5 Å². The molecule has 1 aromatic carbocycles. The van der Waals surface area contributed by atoms with Crippen molar-refractivity contribution < 1.29 is 14.3 Å². The van der Waals surface area contributed by atoms with Gasteiger partial charge in [-0.25, -0.2) is 14.8 Å². The van der Waals surface area contributed by atoms with Crippen LogP contribution in [0.25, 0.3) is 0 Å². The Morgan fingerprint density at radius 3 is 2.37 bits per heavy atom. The molecule has 9 heteroatoms. The van der Waals surface area contributed by atoms with Gasteiger partial charge in [0.15, 0.2) is 11.5 Å². The highest BCUT2D eigenvalue weighted by Crippen LogP contribution is 2.34. The highest BCUT2D eigenvalue weighted by atomic mass is 16.5. The summed E-state index contributed by atoms with van der Waals surface area (Å²) in [7, 11) is 5.16. The molecule has 2 amide bonds. The van der Waals surface area contributed by atoms with Crippen LogP contribution in [0, 0.1) is 0 Å². The molecule has 1 saturated heterocycles. The highest BCUT2D eigenvalue weighted by molar-refractivity contribution is 6.00. The van der Waals surface area contributed by atoms with Crippen molar-refractivity contribution in [2.24, 2.45) is 0 Å². The third-order valence-electron chi connectivity index (χ3n) is 4.33.